The number of nitrogens with one attached hydrogen (secondary N) is 1. The quantitative estimate of drug-likeness (QED) is 0.323. The number of nitriles is 2. The molecule has 2 heterocycles. The smallest absolute Gasteiger partial charge is 0.182 e. The number of aromatic nitrogens is 1. The van der Waals surface area contributed by atoms with E-state index in [1.807, 2.05) is 6.07 Å². The van der Waals surface area contributed by atoms with Crippen LogP contribution in [-0.2, 0) is 0 Å². The number of aliphatic imine (C=N–C) groups is 1. The van der Waals surface area contributed by atoms with E-state index in [1.165, 1.54) is 0 Å². The van der Waals surface area contributed by atoms with Gasteiger partial charge in [0, 0.05) is 32.4 Å². The number of nitrogens with zero attached hydrogens (tertiary/aromatic N) is 6. The fourth-order valence-corrected chi connectivity index (χ4v) is 6.78. The Bertz CT molecular complexity index is 938. The first-order valence-electron chi connectivity index (χ1n) is 11.8. The van der Waals surface area contributed by atoms with Crippen LogP contribution in [0.15, 0.2) is 23.3 Å². The molecule has 0 radical (unpaired) electrons. The Morgan fingerprint density at radius 3 is 2.47 bits per heavy atom. The van der Waals surface area contributed by atoms with Crippen LogP contribution in [0, 0.1) is 40.5 Å². The molecule has 4 aliphatic carbocycles. The Labute approximate surface area is 189 Å². The summed E-state index contributed by atoms with van der Waals surface area (Å²) in [6.45, 7) is 5.52. The van der Waals surface area contributed by atoms with Crippen molar-refractivity contribution in [2.45, 2.75) is 56.7 Å². The number of piperazine rings is 1. The van der Waals surface area contributed by atoms with Crippen LogP contribution in [0.1, 0.15) is 44.6 Å². The fraction of sp³-hybridized carbons (Fsp3) is 0.667. The van der Waals surface area contributed by atoms with Gasteiger partial charge in [0.2, 0.25) is 0 Å². The van der Waals surface area contributed by atoms with Crippen molar-refractivity contribution in [1.29, 1.82) is 10.5 Å². The van der Waals surface area contributed by atoms with Crippen molar-refractivity contribution in [2.75, 3.05) is 31.1 Å². The van der Waals surface area contributed by atoms with Crippen LogP contribution in [0.2, 0.25) is 0 Å². The fourth-order valence-electron chi connectivity index (χ4n) is 6.78. The van der Waals surface area contributed by atoms with Crippen LogP contribution in [0.3, 0.4) is 0 Å². The minimum atomic E-state index is -0.466. The predicted octanol–water partition coefficient (Wildman–Crippen LogP) is 1.87. The van der Waals surface area contributed by atoms with E-state index >= 15 is 0 Å². The summed E-state index contributed by atoms with van der Waals surface area (Å²) in [5.41, 5.74) is 0.105. The monoisotopic (exact) mass is 433 g/mol. The number of rotatable bonds is 4. The molecule has 3 unspecified atom stereocenters. The van der Waals surface area contributed by atoms with Gasteiger partial charge in [0.1, 0.15) is 17.7 Å². The Balaban J connectivity index is 1.26. The summed E-state index contributed by atoms with van der Waals surface area (Å²) in [6.07, 6.45) is 8.74. The molecule has 168 valence electrons. The summed E-state index contributed by atoms with van der Waals surface area (Å²) in [6, 6.07) is 6.07. The summed E-state index contributed by atoms with van der Waals surface area (Å²) in [5.74, 6) is 3.19. The highest BCUT2D eigenvalue weighted by Gasteiger charge is 2.55. The SMILES string of the molecule is CC(C(=NC1C2CC3CC1CC(O)(C3)C2)NC#N)N1CCN(c2ccc(C#N)cn2)CC1. The van der Waals surface area contributed by atoms with Crippen molar-refractivity contribution in [3.8, 4) is 12.3 Å². The van der Waals surface area contributed by atoms with Crippen LogP contribution < -0.4 is 10.2 Å². The largest absolute Gasteiger partial charge is 0.390 e. The molecule has 6 rings (SSSR count). The van der Waals surface area contributed by atoms with Gasteiger partial charge in [0.15, 0.2) is 6.19 Å². The normalized spacial score (nSPS) is 35.2. The zero-order valence-electron chi connectivity index (χ0n) is 18.6. The van der Waals surface area contributed by atoms with Gasteiger partial charge in [0.05, 0.1) is 23.2 Å². The van der Waals surface area contributed by atoms with Crippen molar-refractivity contribution in [2.24, 2.45) is 22.7 Å². The molecule has 4 saturated carbocycles. The lowest BCUT2D eigenvalue weighted by atomic mass is 9.52. The molecule has 4 bridgehead atoms. The molecule has 2 N–H and O–H groups in total. The van der Waals surface area contributed by atoms with Crippen molar-refractivity contribution >= 4 is 11.7 Å². The summed E-state index contributed by atoms with van der Waals surface area (Å²) < 4.78 is 0. The van der Waals surface area contributed by atoms with Crippen molar-refractivity contribution in [3.63, 3.8) is 0 Å². The van der Waals surface area contributed by atoms with E-state index in [-0.39, 0.29) is 12.1 Å². The van der Waals surface area contributed by atoms with Crippen LogP contribution in [0.25, 0.3) is 0 Å². The highest BCUT2D eigenvalue weighted by Crippen LogP contribution is 2.56. The lowest BCUT2D eigenvalue weighted by Crippen LogP contribution is -2.57. The van der Waals surface area contributed by atoms with E-state index < -0.39 is 5.60 Å². The molecule has 1 aliphatic heterocycles. The van der Waals surface area contributed by atoms with Crippen LogP contribution in [0.5, 0.6) is 0 Å². The summed E-state index contributed by atoms with van der Waals surface area (Å²) in [5, 5.41) is 32.1. The second-order valence-corrected chi connectivity index (χ2v) is 10.2. The maximum Gasteiger partial charge on any atom is 0.182 e. The molecule has 1 aromatic heterocycles. The lowest BCUT2D eigenvalue weighted by molar-refractivity contribution is -0.132. The second kappa shape index (κ2) is 8.35. The average Bonchev–Trinajstić information content (AvgIpc) is 2.79. The van der Waals surface area contributed by atoms with Crippen molar-refractivity contribution < 1.29 is 5.11 Å². The molecular formula is C24H31N7O. The first-order valence-corrected chi connectivity index (χ1v) is 11.8. The first-order chi connectivity index (χ1) is 15.5. The third-order valence-electron chi connectivity index (χ3n) is 8.12. The van der Waals surface area contributed by atoms with Crippen LogP contribution in [-0.4, -0.2) is 64.7 Å². The maximum atomic E-state index is 10.9. The van der Waals surface area contributed by atoms with E-state index in [2.05, 4.69) is 39.3 Å². The van der Waals surface area contributed by atoms with Crippen molar-refractivity contribution in [3.05, 3.63) is 23.9 Å². The molecule has 32 heavy (non-hydrogen) atoms. The number of anilines is 1. The molecule has 5 fully saturated rings. The number of pyridine rings is 1. The van der Waals surface area contributed by atoms with Gasteiger partial charge in [-0.25, -0.2) is 4.98 Å². The van der Waals surface area contributed by atoms with Gasteiger partial charge < -0.3 is 10.0 Å². The van der Waals surface area contributed by atoms with E-state index in [0.717, 1.165) is 69.9 Å². The number of hydrogen-bond acceptors (Lipinski definition) is 7. The molecule has 8 heteroatoms. The summed E-state index contributed by atoms with van der Waals surface area (Å²) in [7, 11) is 0. The second-order valence-electron chi connectivity index (χ2n) is 10.2. The number of amidine groups is 1. The van der Waals surface area contributed by atoms with E-state index in [0.29, 0.717) is 23.3 Å². The Morgan fingerprint density at radius 1 is 1.19 bits per heavy atom. The molecule has 1 aromatic rings. The van der Waals surface area contributed by atoms with Gasteiger partial charge >= 0.3 is 0 Å². The Kier molecular flexibility index (Phi) is 5.53. The Morgan fingerprint density at radius 2 is 1.91 bits per heavy atom. The molecule has 5 aliphatic rings. The highest BCUT2D eigenvalue weighted by atomic mass is 16.3. The molecule has 0 spiro atoms. The first kappa shape index (κ1) is 21.2. The zero-order chi connectivity index (χ0) is 22.3. The van der Waals surface area contributed by atoms with Gasteiger partial charge in [-0.3, -0.25) is 15.2 Å². The standard InChI is InChI=1S/C24H31N7O/c1-16(30-4-6-31(7-5-30)21-3-2-17(13-25)14-27-21)23(28-15-26)29-22-19-8-18-9-20(22)12-24(32,10-18)11-19/h2-3,14,16,18-20,22,32H,4-12H2,1H3,(H,28,29). The Hall–Kier alpha value is -2.68. The summed E-state index contributed by atoms with van der Waals surface area (Å²) >= 11 is 0. The van der Waals surface area contributed by atoms with Gasteiger partial charge in [-0.05, 0) is 68.9 Å². The van der Waals surface area contributed by atoms with Crippen LogP contribution in [0.4, 0.5) is 5.82 Å². The van der Waals surface area contributed by atoms with Gasteiger partial charge in [0.25, 0.3) is 0 Å². The third-order valence-corrected chi connectivity index (χ3v) is 8.12. The lowest BCUT2D eigenvalue weighted by Gasteiger charge is -2.57. The maximum absolute atomic E-state index is 10.9. The van der Waals surface area contributed by atoms with E-state index in [9.17, 15) is 10.4 Å². The van der Waals surface area contributed by atoms with Crippen molar-refractivity contribution in [1.82, 2.24) is 15.2 Å². The van der Waals surface area contributed by atoms with E-state index in [4.69, 9.17) is 10.3 Å². The predicted molar refractivity (Wildman–Crippen MR) is 121 cm³/mol. The van der Waals surface area contributed by atoms with E-state index in [1.54, 1.807) is 12.3 Å². The molecule has 8 nitrogen and oxygen atoms in total. The molecule has 1 saturated heterocycles. The average molecular weight is 434 g/mol. The highest BCUT2D eigenvalue weighted by molar-refractivity contribution is 5.88. The summed E-state index contributed by atoms with van der Waals surface area (Å²) in [4.78, 5) is 14.2. The minimum absolute atomic E-state index is 0.0333. The van der Waals surface area contributed by atoms with Gasteiger partial charge in [-0.1, -0.05) is 0 Å². The number of hydrogen-bond donors (Lipinski definition) is 2. The molecular weight excluding hydrogens is 402 g/mol. The minimum Gasteiger partial charge on any atom is -0.390 e. The molecule has 3 atom stereocenters. The third kappa shape index (κ3) is 3.94. The van der Waals surface area contributed by atoms with Gasteiger partial charge in [-0.2, -0.15) is 10.5 Å². The van der Waals surface area contributed by atoms with Gasteiger partial charge in [-0.15, -0.1) is 0 Å². The molecule has 0 aromatic carbocycles. The number of aliphatic hydroxyl groups is 1. The zero-order valence-corrected chi connectivity index (χ0v) is 18.6. The topological polar surface area (TPSA) is 112 Å². The molecule has 0 amide bonds. The van der Waals surface area contributed by atoms with Crippen LogP contribution >= 0.6 is 0 Å².